The summed E-state index contributed by atoms with van der Waals surface area (Å²) in [5, 5.41) is 13.5. The molecule has 1 spiro atoms. The molecule has 2 saturated heterocycles. The Hall–Kier alpha value is -3.09. The van der Waals surface area contributed by atoms with Gasteiger partial charge in [-0.25, -0.2) is 4.21 Å². The van der Waals surface area contributed by atoms with E-state index in [1.165, 1.54) is 17.2 Å². The first-order chi connectivity index (χ1) is 26.8. The van der Waals surface area contributed by atoms with Gasteiger partial charge in [0.25, 0.3) is 5.91 Å². The Kier molecular flexibility index (Phi) is 11.1. The summed E-state index contributed by atoms with van der Waals surface area (Å²) < 4.78 is 23.6. The van der Waals surface area contributed by atoms with Crippen LogP contribution in [-0.4, -0.2) is 124 Å². The van der Waals surface area contributed by atoms with Gasteiger partial charge in [0.1, 0.15) is 5.75 Å². The number of nitrogens with one attached hydrogen (secondary N) is 1. The smallest absolute Gasteiger partial charge is 0.262 e. The van der Waals surface area contributed by atoms with Gasteiger partial charge in [0.15, 0.2) is 0 Å². The number of benzene rings is 2. The van der Waals surface area contributed by atoms with Crippen LogP contribution in [0.2, 0.25) is 5.02 Å². The third kappa shape index (κ3) is 7.63. The minimum atomic E-state index is -2.99. The van der Waals surface area contributed by atoms with Gasteiger partial charge in [-0.15, -0.1) is 0 Å². The minimum Gasteiger partial charge on any atom is -0.490 e. The number of carbonyl (C=O) groups excluding carboxylic acids is 2. The third-order valence-electron chi connectivity index (χ3n) is 14.6. The van der Waals surface area contributed by atoms with E-state index in [1.54, 1.807) is 6.07 Å². The highest BCUT2D eigenvalue weighted by molar-refractivity contribution is 7.99. The quantitative estimate of drug-likeness (QED) is 0.325. The second-order valence-electron chi connectivity index (χ2n) is 18.0. The molecule has 6 aliphatic rings. The molecule has 4 aliphatic heterocycles. The highest BCUT2D eigenvalue weighted by atomic mass is 35.5. The molecule has 2 aromatic rings. The second-order valence-corrected chi connectivity index (χ2v) is 20.8. The standard InChI is InChI=1S/C44H60ClN5O5S/c1-5-41(51)49-21-20-48-19-18-47(25-36(48)26-49)28-44(53)17-6-8-30(2)31(3)56(4,54)46-42(52)33-11-15-40-39(23-33)50(24-34-10-13-38(34)44)27-43(29-55-40)16-7-9-32-22-35(45)12-14-37(32)43/h5,11-12,14-15,22-23,30-31,34,36,38,53H,1,4,6-10,13,16-21,24-29H2,2-3H3,(H,46,52,54)/t30-,31+,34-,36-,38+,43-,44-,56?/m0/s1. The molecule has 2 bridgehead atoms. The highest BCUT2D eigenvalue weighted by Gasteiger charge is 2.50. The molecule has 3 fully saturated rings. The number of aryl methyl sites for hydroxylation is 1. The van der Waals surface area contributed by atoms with Gasteiger partial charge < -0.3 is 19.6 Å². The van der Waals surface area contributed by atoms with Gasteiger partial charge in [0.2, 0.25) is 5.91 Å². The van der Waals surface area contributed by atoms with Gasteiger partial charge in [-0.1, -0.05) is 37.6 Å². The summed E-state index contributed by atoms with van der Waals surface area (Å²) in [5.74, 6) is 4.76. The maximum absolute atomic E-state index is 14.1. The van der Waals surface area contributed by atoms with Crippen molar-refractivity contribution in [3.05, 3.63) is 70.8 Å². The Balaban J connectivity index is 1.13. The van der Waals surface area contributed by atoms with Crippen LogP contribution < -0.4 is 14.4 Å². The normalized spacial score (nSPS) is 35.5. The number of carbonyl (C=O) groups is 2. The number of rotatable bonds is 3. The lowest BCUT2D eigenvalue weighted by Gasteiger charge is -2.53. The summed E-state index contributed by atoms with van der Waals surface area (Å²) >= 11 is 6.52. The van der Waals surface area contributed by atoms with E-state index in [1.807, 2.05) is 30.0 Å². The van der Waals surface area contributed by atoms with Crippen LogP contribution in [0.1, 0.15) is 80.3 Å². The first-order valence-electron chi connectivity index (χ1n) is 20.9. The number of halogens is 1. The Morgan fingerprint density at radius 1 is 1.05 bits per heavy atom. The van der Waals surface area contributed by atoms with Gasteiger partial charge in [0.05, 0.1) is 27.6 Å². The van der Waals surface area contributed by atoms with E-state index in [-0.39, 0.29) is 46.3 Å². The zero-order valence-electron chi connectivity index (χ0n) is 33.2. The van der Waals surface area contributed by atoms with Crippen LogP contribution in [0.4, 0.5) is 5.69 Å². The summed E-state index contributed by atoms with van der Waals surface area (Å²) in [6.45, 7) is 15.1. The van der Waals surface area contributed by atoms with Crippen LogP contribution in [0.3, 0.4) is 0 Å². The van der Waals surface area contributed by atoms with E-state index in [9.17, 15) is 18.9 Å². The molecule has 0 aromatic heterocycles. The minimum absolute atomic E-state index is 0.0146. The number of fused-ring (bicyclic) bond motifs is 5. The Labute approximate surface area is 338 Å². The third-order valence-corrected chi connectivity index (χ3v) is 17.0. The van der Waals surface area contributed by atoms with Crippen molar-refractivity contribution in [2.75, 3.05) is 70.4 Å². The molecule has 56 heavy (non-hydrogen) atoms. The molecule has 1 unspecified atom stereocenters. The van der Waals surface area contributed by atoms with Gasteiger partial charge in [0, 0.05) is 86.2 Å². The molecule has 304 valence electrons. The van der Waals surface area contributed by atoms with Crippen LogP contribution in [-0.2, 0) is 26.3 Å². The molecule has 2 amide bonds. The maximum atomic E-state index is 14.1. The van der Waals surface area contributed by atoms with Crippen molar-refractivity contribution in [2.24, 2.45) is 17.8 Å². The number of piperazine rings is 2. The summed E-state index contributed by atoms with van der Waals surface area (Å²) in [6.07, 6.45) is 8.56. The van der Waals surface area contributed by atoms with Crippen LogP contribution in [0.15, 0.2) is 49.1 Å². The zero-order chi connectivity index (χ0) is 39.4. The molecule has 2 N–H and O–H groups in total. The van der Waals surface area contributed by atoms with Gasteiger partial charge >= 0.3 is 0 Å². The van der Waals surface area contributed by atoms with E-state index in [4.69, 9.17) is 16.3 Å². The molecule has 4 heterocycles. The summed E-state index contributed by atoms with van der Waals surface area (Å²) in [7, 11) is -2.99. The van der Waals surface area contributed by atoms with E-state index < -0.39 is 15.3 Å². The van der Waals surface area contributed by atoms with Crippen LogP contribution in [0, 0.1) is 17.8 Å². The molecule has 8 rings (SSSR count). The monoisotopic (exact) mass is 805 g/mol. The topological polar surface area (TPSA) is 106 Å². The molecule has 2 aromatic carbocycles. The molecule has 12 heteroatoms. The van der Waals surface area contributed by atoms with E-state index in [0.717, 1.165) is 101 Å². The number of aliphatic hydroxyl groups is 1. The van der Waals surface area contributed by atoms with Crippen molar-refractivity contribution in [1.29, 1.82) is 0 Å². The number of β-amino-alcohol motifs (C(OH)–C–C–N with tert-alkyl or cyclic N) is 1. The lowest BCUT2D eigenvalue weighted by Crippen LogP contribution is -2.65. The molecular formula is C44H60ClN5O5S. The van der Waals surface area contributed by atoms with E-state index >= 15 is 0 Å². The van der Waals surface area contributed by atoms with Gasteiger partial charge in [-0.3, -0.25) is 24.1 Å². The molecule has 10 nitrogen and oxygen atoms in total. The predicted molar refractivity (Wildman–Crippen MR) is 225 cm³/mol. The zero-order valence-corrected chi connectivity index (χ0v) is 34.8. The van der Waals surface area contributed by atoms with Crippen LogP contribution in [0.25, 0.3) is 0 Å². The van der Waals surface area contributed by atoms with Crippen LogP contribution >= 0.6 is 11.6 Å². The van der Waals surface area contributed by atoms with Crippen LogP contribution in [0.5, 0.6) is 5.75 Å². The number of amides is 2. The molecule has 0 radical (unpaired) electrons. The van der Waals surface area contributed by atoms with Crippen molar-refractivity contribution in [3.8, 4) is 5.75 Å². The Morgan fingerprint density at radius 3 is 2.66 bits per heavy atom. The maximum Gasteiger partial charge on any atom is 0.262 e. The summed E-state index contributed by atoms with van der Waals surface area (Å²) in [4.78, 5) is 35.7. The molecule has 2 aliphatic carbocycles. The van der Waals surface area contributed by atoms with Crippen molar-refractivity contribution >= 4 is 44.7 Å². The average molecular weight is 807 g/mol. The summed E-state index contributed by atoms with van der Waals surface area (Å²) in [6, 6.07) is 12.1. The van der Waals surface area contributed by atoms with Crippen molar-refractivity contribution in [3.63, 3.8) is 0 Å². The SMILES string of the molecule is C=CC(=O)N1CCN2CCN(C[C@@]3(O)CCC[C@H](C)[C@@H](C)S(=C)(=O)NC(=O)c4ccc5c(c4)N(C[C@@H]4CC[C@H]43)C[C@@]3(CCCc4cc(Cl)ccc43)CO5)C[C@H]2C1. The number of anilines is 1. The number of ether oxygens (including phenoxy) is 1. The number of hydrogen-bond donors (Lipinski definition) is 2. The van der Waals surface area contributed by atoms with Crippen molar-refractivity contribution < 1.29 is 23.6 Å². The van der Waals surface area contributed by atoms with E-state index in [0.29, 0.717) is 38.2 Å². The average Bonchev–Trinajstić information content (AvgIpc) is 3.31. The number of nitrogens with zero attached hydrogens (tertiary/aromatic N) is 4. The largest absolute Gasteiger partial charge is 0.490 e. The predicted octanol–water partition coefficient (Wildman–Crippen LogP) is 5.15. The number of hydrogen-bond acceptors (Lipinski definition) is 8. The van der Waals surface area contributed by atoms with Crippen molar-refractivity contribution in [2.45, 2.75) is 87.5 Å². The fourth-order valence-corrected chi connectivity index (χ4v) is 12.6. The van der Waals surface area contributed by atoms with Gasteiger partial charge in [-0.2, -0.15) is 0 Å². The highest BCUT2D eigenvalue weighted by Crippen LogP contribution is 2.49. The molecule has 1 saturated carbocycles. The van der Waals surface area contributed by atoms with E-state index in [2.05, 4.69) is 50.9 Å². The molecular weight excluding hydrogens is 746 g/mol. The lowest BCUT2D eigenvalue weighted by atomic mass is 9.62. The first kappa shape index (κ1) is 39.7. The lowest BCUT2D eigenvalue weighted by molar-refractivity contribution is -0.132. The fraction of sp³-hybridized carbons (Fsp3) is 0.614. The molecule has 8 atom stereocenters. The van der Waals surface area contributed by atoms with Crippen molar-refractivity contribution in [1.82, 2.24) is 19.4 Å². The fourth-order valence-electron chi connectivity index (χ4n) is 10.9. The first-order valence-corrected chi connectivity index (χ1v) is 23.0. The summed E-state index contributed by atoms with van der Waals surface area (Å²) in [5.41, 5.74) is 2.65. The Morgan fingerprint density at radius 2 is 1.88 bits per heavy atom. The Bertz CT molecular complexity index is 1960. The second kappa shape index (κ2) is 15.6. The van der Waals surface area contributed by atoms with Gasteiger partial charge in [-0.05, 0) is 123 Å².